The first-order valence-electron chi connectivity index (χ1n) is 7.03. The van der Waals surface area contributed by atoms with Gasteiger partial charge in [-0.1, -0.05) is 27.7 Å². The van der Waals surface area contributed by atoms with E-state index in [2.05, 4.69) is 32.8 Å². The molecular formula is C15H24N2O2S2. The van der Waals surface area contributed by atoms with Gasteiger partial charge in [-0.15, -0.1) is 0 Å². The maximum absolute atomic E-state index is 11.8. The second-order valence-electron chi connectivity index (χ2n) is 6.72. The summed E-state index contributed by atoms with van der Waals surface area (Å²) in [7, 11) is 0. The highest BCUT2D eigenvalue weighted by Crippen LogP contribution is 2.26. The van der Waals surface area contributed by atoms with Gasteiger partial charge in [0.15, 0.2) is 0 Å². The fourth-order valence-electron chi connectivity index (χ4n) is 2.37. The molecule has 0 fully saturated rings. The molecule has 4 nitrogen and oxygen atoms in total. The number of aromatic nitrogens is 2. The van der Waals surface area contributed by atoms with E-state index in [4.69, 9.17) is 16.4 Å². The molecule has 1 atom stereocenters. The molecule has 1 aromatic heterocycles. The number of aryl methyl sites for hydroxylation is 2. The Balaban J connectivity index is 2.43. The van der Waals surface area contributed by atoms with Gasteiger partial charge in [0.05, 0.1) is 5.69 Å². The fraction of sp³-hybridized carbons (Fsp3) is 0.667. The Bertz CT molecular complexity index is 518. The Labute approximate surface area is 136 Å². The minimum absolute atomic E-state index is 0.214. The normalized spacial score (nSPS) is 13.0. The van der Waals surface area contributed by atoms with E-state index in [-0.39, 0.29) is 11.4 Å². The van der Waals surface area contributed by atoms with Crippen molar-refractivity contribution in [2.24, 2.45) is 11.3 Å². The highest BCUT2D eigenvalue weighted by atomic mass is 32.2. The van der Waals surface area contributed by atoms with E-state index in [0.717, 1.165) is 29.9 Å². The lowest BCUT2D eigenvalue weighted by molar-refractivity contribution is -0.134. The maximum Gasteiger partial charge on any atom is 0.318 e. The van der Waals surface area contributed by atoms with Crippen LogP contribution in [0.25, 0.3) is 0 Å². The van der Waals surface area contributed by atoms with Gasteiger partial charge in [-0.25, -0.2) is 4.68 Å². The summed E-state index contributed by atoms with van der Waals surface area (Å²) < 4.78 is 7.22. The highest BCUT2D eigenvalue weighted by molar-refractivity contribution is 8.20. The molecule has 0 aliphatic carbocycles. The van der Waals surface area contributed by atoms with Gasteiger partial charge < -0.3 is 4.18 Å². The van der Waals surface area contributed by atoms with Crippen LogP contribution in [0.1, 0.15) is 51.9 Å². The topological polar surface area (TPSA) is 44.1 Å². The van der Waals surface area contributed by atoms with Crippen LogP contribution in [0.15, 0.2) is 6.07 Å². The van der Waals surface area contributed by atoms with Crippen LogP contribution in [0.2, 0.25) is 0 Å². The van der Waals surface area contributed by atoms with Gasteiger partial charge in [0, 0.05) is 12.1 Å². The quantitative estimate of drug-likeness (QED) is 0.612. The first-order valence-corrected chi connectivity index (χ1v) is 8.18. The molecule has 1 heterocycles. The van der Waals surface area contributed by atoms with E-state index in [1.54, 1.807) is 4.68 Å². The van der Waals surface area contributed by atoms with Crippen molar-refractivity contribution in [2.45, 2.75) is 54.4 Å². The summed E-state index contributed by atoms with van der Waals surface area (Å²) in [5.41, 5.74) is 2.04. The summed E-state index contributed by atoms with van der Waals surface area (Å²) in [4.78, 5) is 11.8. The van der Waals surface area contributed by atoms with Crippen molar-refractivity contribution in [3.05, 3.63) is 17.5 Å². The number of nitrogens with zero attached hydrogens (tertiary/aromatic N) is 2. The van der Waals surface area contributed by atoms with Crippen LogP contribution in [0, 0.1) is 25.2 Å². The Morgan fingerprint density at radius 3 is 2.57 bits per heavy atom. The number of carbonyl (C=O) groups excluding carboxylic acids is 1. The molecule has 1 rings (SSSR count). The second-order valence-corrected chi connectivity index (χ2v) is 8.08. The first-order chi connectivity index (χ1) is 9.58. The average Bonchev–Trinajstić information content (AvgIpc) is 2.62. The molecule has 0 saturated heterocycles. The van der Waals surface area contributed by atoms with Gasteiger partial charge in [-0.05, 0) is 49.9 Å². The van der Waals surface area contributed by atoms with Crippen molar-refractivity contribution < 1.29 is 8.98 Å². The third kappa shape index (κ3) is 6.61. The van der Waals surface area contributed by atoms with Crippen LogP contribution in [-0.4, -0.2) is 20.1 Å². The largest absolute Gasteiger partial charge is 0.383 e. The molecule has 0 N–H and O–H groups in total. The molecular weight excluding hydrogens is 304 g/mol. The minimum Gasteiger partial charge on any atom is -0.383 e. The van der Waals surface area contributed by atoms with Crippen LogP contribution in [0.3, 0.4) is 0 Å². The average molecular weight is 329 g/mol. The predicted octanol–water partition coefficient (Wildman–Crippen LogP) is 4.29. The van der Waals surface area contributed by atoms with Crippen molar-refractivity contribution in [3.63, 3.8) is 0 Å². The number of thiocarbonyl (C=S) groups is 1. The van der Waals surface area contributed by atoms with E-state index in [1.807, 2.05) is 19.9 Å². The molecule has 0 amide bonds. The zero-order valence-electron chi connectivity index (χ0n) is 13.6. The van der Waals surface area contributed by atoms with Crippen LogP contribution in [-0.2, 0) is 8.98 Å². The van der Waals surface area contributed by atoms with Gasteiger partial charge >= 0.3 is 5.97 Å². The molecule has 6 heteroatoms. The number of hydrogen-bond donors (Lipinski definition) is 0. The van der Waals surface area contributed by atoms with Crippen molar-refractivity contribution >= 4 is 34.6 Å². The van der Waals surface area contributed by atoms with E-state index in [1.165, 1.54) is 0 Å². The molecule has 0 spiro atoms. The van der Waals surface area contributed by atoms with Crippen LogP contribution < -0.4 is 0 Å². The summed E-state index contributed by atoms with van der Waals surface area (Å²) in [6.45, 7) is 12.4. The zero-order chi connectivity index (χ0) is 16.2. The Morgan fingerprint density at radius 1 is 1.48 bits per heavy atom. The Morgan fingerprint density at radius 2 is 2.10 bits per heavy atom. The third-order valence-electron chi connectivity index (χ3n) is 2.86. The number of hydrogen-bond acceptors (Lipinski definition) is 5. The molecule has 118 valence electrons. The first kappa shape index (κ1) is 18.2. The summed E-state index contributed by atoms with van der Waals surface area (Å²) >= 11 is 6.13. The lowest BCUT2D eigenvalue weighted by Crippen LogP contribution is -2.16. The van der Waals surface area contributed by atoms with Gasteiger partial charge in [-0.3, -0.25) is 4.79 Å². The fourth-order valence-corrected chi connectivity index (χ4v) is 3.14. The molecule has 0 radical (unpaired) electrons. The summed E-state index contributed by atoms with van der Waals surface area (Å²) in [6.07, 6.45) is 1.39. The lowest BCUT2D eigenvalue weighted by Gasteiger charge is -2.22. The molecule has 0 aliphatic rings. The van der Waals surface area contributed by atoms with Crippen molar-refractivity contribution in [1.29, 1.82) is 0 Å². The van der Waals surface area contributed by atoms with Crippen molar-refractivity contribution in [3.8, 4) is 0 Å². The smallest absolute Gasteiger partial charge is 0.318 e. The molecule has 1 aromatic rings. The minimum atomic E-state index is -0.236. The molecule has 0 saturated carbocycles. The summed E-state index contributed by atoms with van der Waals surface area (Å²) in [5, 5.41) is 4.26. The van der Waals surface area contributed by atoms with Crippen LogP contribution >= 0.6 is 24.3 Å². The molecule has 1 unspecified atom stereocenters. The van der Waals surface area contributed by atoms with Crippen LogP contribution in [0.4, 0.5) is 0 Å². The molecule has 0 bridgehead atoms. The van der Waals surface area contributed by atoms with E-state index in [0.29, 0.717) is 16.7 Å². The predicted molar refractivity (Wildman–Crippen MR) is 91.2 cm³/mol. The van der Waals surface area contributed by atoms with Gasteiger partial charge in [0.25, 0.3) is 0 Å². The monoisotopic (exact) mass is 328 g/mol. The standard InChI is InChI=1S/C15H24N2O2S2/c1-10(9-15(4,5)6)7-13(18)19-21-14(20)17-12(3)8-11(2)16-17/h8,10H,7,9H2,1-6H3. The van der Waals surface area contributed by atoms with Gasteiger partial charge in [0.2, 0.25) is 4.32 Å². The van der Waals surface area contributed by atoms with E-state index in [9.17, 15) is 4.79 Å². The van der Waals surface area contributed by atoms with Crippen molar-refractivity contribution in [2.75, 3.05) is 0 Å². The van der Waals surface area contributed by atoms with E-state index >= 15 is 0 Å². The van der Waals surface area contributed by atoms with Gasteiger partial charge in [-0.2, -0.15) is 5.10 Å². The lowest BCUT2D eigenvalue weighted by atomic mass is 9.84. The summed E-state index contributed by atoms with van der Waals surface area (Å²) in [6, 6.07) is 1.93. The third-order valence-corrected chi connectivity index (χ3v) is 3.83. The maximum atomic E-state index is 11.8. The highest BCUT2D eigenvalue weighted by Gasteiger charge is 2.19. The number of carbonyl (C=O) groups is 1. The van der Waals surface area contributed by atoms with Crippen LogP contribution in [0.5, 0.6) is 0 Å². The van der Waals surface area contributed by atoms with E-state index < -0.39 is 0 Å². The SMILES string of the molecule is Cc1cc(C)n(C(=S)SOC(=O)CC(C)CC(C)(C)C)n1. The molecule has 0 aromatic carbocycles. The Hall–Kier alpha value is -0.880. The number of rotatable bonds is 3. The molecule has 0 aliphatic heterocycles. The molecule has 21 heavy (non-hydrogen) atoms. The zero-order valence-corrected chi connectivity index (χ0v) is 15.2. The van der Waals surface area contributed by atoms with Gasteiger partial charge in [0.1, 0.15) is 12.0 Å². The second kappa shape index (κ2) is 7.40. The summed E-state index contributed by atoms with van der Waals surface area (Å²) in [5.74, 6) is 0.0565. The Kier molecular flexibility index (Phi) is 6.41. The van der Waals surface area contributed by atoms with Crippen molar-refractivity contribution in [1.82, 2.24) is 9.78 Å².